The number of H-pyrrole nitrogens is 1. The van der Waals surface area contributed by atoms with Crippen molar-refractivity contribution in [2.75, 3.05) is 5.32 Å². The highest BCUT2D eigenvalue weighted by Crippen LogP contribution is 2.23. The first-order chi connectivity index (χ1) is 13.2. The quantitative estimate of drug-likeness (QED) is 0.529. The van der Waals surface area contributed by atoms with Crippen molar-refractivity contribution in [3.05, 3.63) is 66.4 Å². The first-order valence-electron chi connectivity index (χ1n) is 8.63. The van der Waals surface area contributed by atoms with E-state index in [1.165, 1.54) is 6.08 Å². The summed E-state index contributed by atoms with van der Waals surface area (Å²) in [5.74, 6) is 0.158. The van der Waals surface area contributed by atoms with Crippen LogP contribution in [-0.2, 0) is 11.3 Å². The van der Waals surface area contributed by atoms with Gasteiger partial charge in [0.1, 0.15) is 0 Å². The van der Waals surface area contributed by atoms with Gasteiger partial charge >= 0.3 is 0 Å². The molecule has 0 bridgehead atoms. The number of amides is 1. The SMILES string of the molecule is N#CCCn1cc(/C=C/C(=O)Nc2nc3ccccc3[nH]2)c2ccccc21. The van der Waals surface area contributed by atoms with Crippen LogP contribution >= 0.6 is 0 Å². The van der Waals surface area contributed by atoms with Crippen LogP contribution in [0.15, 0.2) is 60.8 Å². The summed E-state index contributed by atoms with van der Waals surface area (Å²) in [6, 6.07) is 17.7. The molecular formula is C21H17N5O. The van der Waals surface area contributed by atoms with Gasteiger partial charge in [0.25, 0.3) is 5.91 Å². The number of carbonyl (C=O) groups excluding carboxylic acids is 1. The van der Waals surface area contributed by atoms with Crippen molar-refractivity contribution >= 4 is 39.9 Å². The van der Waals surface area contributed by atoms with Crippen LogP contribution in [0.2, 0.25) is 0 Å². The Morgan fingerprint density at radius 2 is 2.04 bits per heavy atom. The number of fused-ring (bicyclic) bond motifs is 2. The zero-order valence-corrected chi connectivity index (χ0v) is 14.5. The van der Waals surface area contributed by atoms with Gasteiger partial charge in [-0.25, -0.2) is 4.98 Å². The fourth-order valence-electron chi connectivity index (χ4n) is 3.10. The molecule has 2 heterocycles. The van der Waals surface area contributed by atoms with Crippen molar-refractivity contribution in [2.24, 2.45) is 0 Å². The molecule has 0 saturated carbocycles. The van der Waals surface area contributed by atoms with Crippen molar-refractivity contribution in [1.29, 1.82) is 5.26 Å². The number of aromatic amines is 1. The number of carbonyl (C=O) groups is 1. The average Bonchev–Trinajstić information content (AvgIpc) is 3.25. The minimum Gasteiger partial charge on any atom is -0.346 e. The number of nitrogens with one attached hydrogen (secondary N) is 2. The van der Waals surface area contributed by atoms with Crippen LogP contribution in [0.5, 0.6) is 0 Å². The summed E-state index contributed by atoms with van der Waals surface area (Å²) in [6.45, 7) is 0.621. The lowest BCUT2D eigenvalue weighted by atomic mass is 10.1. The van der Waals surface area contributed by atoms with Crippen LogP contribution in [0.3, 0.4) is 0 Å². The molecule has 2 N–H and O–H groups in total. The lowest BCUT2D eigenvalue weighted by Gasteiger charge is -2.00. The summed E-state index contributed by atoms with van der Waals surface area (Å²) < 4.78 is 2.04. The second kappa shape index (κ2) is 7.18. The third-order valence-corrected chi connectivity index (χ3v) is 4.33. The molecule has 27 heavy (non-hydrogen) atoms. The number of imidazole rings is 1. The molecule has 0 aliphatic heterocycles. The van der Waals surface area contributed by atoms with Gasteiger partial charge in [-0.2, -0.15) is 5.26 Å². The number of rotatable bonds is 5. The zero-order chi connectivity index (χ0) is 18.6. The highest BCUT2D eigenvalue weighted by atomic mass is 16.1. The van der Waals surface area contributed by atoms with Crippen molar-refractivity contribution in [3.63, 3.8) is 0 Å². The largest absolute Gasteiger partial charge is 0.346 e. The predicted octanol–water partition coefficient (Wildman–Crippen LogP) is 4.08. The summed E-state index contributed by atoms with van der Waals surface area (Å²) in [5, 5.41) is 12.6. The van der Waals surface area contributed by atoms with E-state index >= 15 is 0 Å². The number of hydrogen-bond donors (Lipinski definition) is 2. The molecule has 4 aromatic rings. The Morgan fingerprint density at radius 1 is 1.22 bits per heavy atom. The van der Waals surface area contributed by atoms with Gasteiger partial charge in [0.05, 0.1) is 23.5 Å². The van der Waals surface area contributed by atoms with E-state index in [0.717, 1.165) is 27.5 Å². The van der Waals surface area contributed by atoms with E-state index in [-0.39, 0.29) is 5.91 Å². The van der Waals surface area contributed by atoms with Gasteiger partial charge in [-0.05, 0) is 24.3 Å². The Morgan fingerprint density at radius 3 is 2.89 bits per heavy atom. The van der Waals surface area contributed by atoms with E-state index in [9.17, 15) is 4.79 Å². The van der Waals surface area contributed by atoms with Crippen molar-refractivity contribution in [3.8, 4) is 6.07 Å². The van der Waals surface area contributed by atoms with Gasteiger partial charge in [0, 0.05) is 35.3 Å². The summed E-state index contributed by atoms with van der Waals surface area (Å²) in [6.07, 6.45) is 5.67. The van der Waals surface area contributed by atoms with Crippen molar-refractivity contribution < 1.29 is 4.79 Å². The van der Waals surface area contributed by atoms with Crippen molar-refractivity contribution in [1.82, 2.24) is 14.5 Å². The maximum atomic E-state index is 12.3. The predicted molar refractivity (Wildman–Crippen MR) is 106 cm³/mol. The molecule has 132 valence electrons. The molecule has 0 aliphatic rings. The number of hydrogen-bond acceptors (Lipinski definition) is 3. The molecule has 6 nitrogen and oxygen atoms in total. The van der Waals surface area contributed by atoms with E-state index in [4.69, 9.17) is 5.26 Å². The fourth-order valence-corrected chi connectivity index (χ4v) is 3.10. The fraction of sp³-hybridized carbons (Fsp3) is 0.0952. The summed E-state index contributed by atoms with van der Waals surface area (Å²) in [5.41, 5.74) is 3.66. The Balaban J connectivity index is 1.55. The normalized spacial score (nSPS) is 11.2. The maximum Gasteiger partial charge on any atom is 0.250 e. The molecule has 0 saturated heterocycles. The van der Waals surface area contributed by atoms with Crippen molar-refractivity contribution in [2.45, 2.75) is 13.0 Å². The van der Waals surface area contributed by atoms with E-state index in [1.807, 2.05) is 59.3 Å². The van der Waals surface area contributed by atoms with Crippen LogP contribution in [0.25, 0.3) is 28.0 Å². The standard InChI is InChI=1S/C21H17N5O/c22-12-5-13-26-14-15(16-6-1-4-9-19(16)26)10-11-20(27)25-21-23-17-7-2-3-8-18(17)24-21/h1-4,6-11,14H,5,13H2,(H2,23,24,25,27)/b11-10+. The molecule has 0 fully saturated rings. The Bertz CT molecular complexity index is 1160. The van der Waals surface area contributed by atoms with Crippen LogP contribution in [0.1, 0.15) is 12.0 Å². The highest BCUT2D eigenvalue weighted by Gasteiger charge is 2.07. The third-order valence-electron chi connectivity index (χ3n) is 4.33. The molecule has 0 radical (unpaired) electrons. The van der Waals surface area contributed by atoms with Crippen LogP contribution in [-0.4, -0.2) is 20.4 Å². The minimum atomic E-state index is -0.261. The van der Waals surface area contributed by atoms with Gasteiger partial charge < -0.3 is 9.55 Å². The molecule has 2 aromatic carbocycles. The second-order valence-corrected chi connectivity index (χ2v) is 6.13. The summed E-state index contributed by atoms with van der Waals surface area (Å²) in [4.78, 5) is 19.7. The first kappa shape index (κ1) is 16.6. The summed E-state index contributed by atoms with van der Waals surface area (Å²) in [7, 11) is 0. The van der Waals surface area contributed by atoms with E-state index in [2.05, 4.69) is 21.4 Å². The molecule has 4 rings (SSSR count). The van der Waals surface area contributed by atoms with E-state index < -0.39 is 0 Å². The number of nitriles is 1. The lowest BCUT2D eigenvalue weighted by molar-refractivity contribution is -0.111. The summed E-state index contributed by atoms with van der Waals surface area (Å²) >= 11 is 0. The Hall–Kier alpha value is -3.85. The monoisotopic (exact) mass is 355 g/mol. The third kappa shape index (κ3) is 3.44. The van der Waals surface area contributed by atoms with E-state index in [1.54, 1.807) is 6.08 Å². The van der Waals surface area contributed by atoms with Gasteiger partial charge in [0.2, 0.25) is 5.95 Å². The van der Waals surface area contributed by atoms with Gasteiger partial charge in [-0.3, -0.25) is 10.1 Å². The molecular weight excluding hydrogens is 338 g/mol. The number of para-hydroxylation sites is 3. The Kier molecular flexibility index (Phi) is 4.42. The molecule has 1 amide bonds. The maximum absolute atomic E-state index is 12.3. The second-order valence-electron chi connectivity index (χ2n) is 6.13. The number of aromatic nitrogens is 3. The molecule has 6 heteroatoms. The average molecular weight is 355 g/mol. The van der Waals surface area contributed by atoms with Gasteiger partial charge in [0.15, 0.2) is 0 Å². The smallest absolute Gasteiger partial charge is 0.250 e. The molecule has 0 unspecified atom stereocenters. The van der Waals surface area contributed by atoms with E-state index in [0.29, 0.717) is 18.9 Å². The molecule has 0 spiro atoms. The zero-order valence-electron chi connectivity index (χ0n) is 14.5. The number of nitrogens with zero attached hydrogens (tertiary/aromatic N) is 3. The van der Waals surface area contributed by atoms with Crippen LogP contribution in [0.4, 0.5) is 5.95 Å². The topological polar surface area (TPSA) is 86.5 Å². The lowest BCUT2D eigenvalue weighted by Crippen LogP contribution is -2.08. The van der Waals surface area contributed by atoms with Crippen LogP contribution < -0.4 is 5.32 Å². The first-order valence-corrected chi connectivity index (χ1v) is 8.63. The number of benzene rings is 2. The minimum absolute atomic E-state index is 0.261. The molecule has 0 atom stereocenters. The van der Waals surface area contributed by atoms with Gasteiger partial charge in [-0.15, -0.1) is 0 Å². The van der Waals surface area contributed by atoms with Gasteiger partial charge in [-0.1, -0.05) is 30.3 Å². The molecule has 2 aromatic heterocycles. The number of aryl methyl sites for hydroxylation is 1. The Labute approximate surface area is 155 Å². The highest BCUT2D eigenvalue weighted by molar-refractivity contribution is 6.03. The molecule has 0 aliphatic carbocycles. The van der Waals surface area contributed by atoms with Crippen LogP contribution in [0, 0.1) is 11.3 Å². The number of anilines is 1.